The molecule has 1 aromatic carbocycles. The summed E-state index contributed by atoms with van der Waals surface area (Å²) in [5, 5.41) is 3.69. The third-order valence-electron chi connectivity index (χ3n) is 5.34. The number of amides is 1. The first kappa shape index (κ1) is 20.6. The van der Waals surface area contributed by atoms with Crippen molar-refractivity contribution in [1.82, 2.24) is 9.62 Å². The molecule has 2 aliphatic rings. The van der Waals surface area contributed by atoms with Crippen molar-refractivity contribution in [2.75, 3.05) is 19.6 Å². The average Bonchev–Trinajstić information content (AvgIpc) is 3.15. The van der Waals surface area contributed by atoms with Gasteiger partial charge >= 0.3 is 6.09 Å². The number of piperidine rings is 1. The van der Waals surface area contributed by atoms with Crippen LogP contribution in [0.2, 0.25) is 0 Å². The quantitative estimate of drug-likeness (QED) is 0.427. The lowest BCUT2D eigenvalue weighted by Gasteiger charge is -2.26. The van der Waals surface area contributed by atoms with E-state index in [2.05, 4.69) is 14.7 Å². The van der Waals surface area contributed by atoms with Crippen LogP contribution in [0.5, 0.6) is 0 Å². The molecule has 1 amide bonds. The topological polar surface area (TPSA) is 107 Å². The molecule has 8 nitrogen and oxygen atoms in total. The van der Waals surface area contributed by atoms with Crippen molar-refractivity contribution in [2.45, 2.75) is 38.2 Å². The number of carbonyl (C=O) groups excluding carboxylic acids is 1. The first-order chi connectivity index (χ1) is 13.3. The van der Waals surface area contributed by atoms with Crippen LogP contribution in [0, 0.1) is 17.8 Å². The number of ether oxygens (including phenoxy) is 1. The van der Waals surface area contributed by atoms with Crippen molar-refractivity contribution in [3.63, 3.8) is 0 Å². The summed E-state index contributed by atoms with van der Waals surface area (Å²) in [5.41, 5.74) is 9.63. The van der Waals surface area contributed by atoms with E-state index in [0.29, 0.717) is 24.9 Å². The van der Waals surface area contributed by atoms with E-state index in [-0.39, 0.29) is 31.2 Å². The van der Waals surface area contributed by atoms with Gasteiger partial charge in [-0.05, 0) is 49.6 Å². The second-order valence-electron chi connectivity index (χ2n) is 8.37. The summed E-state index contributed by atoms with van der Waals surface area (Å²) in [5.74, 6) is 0.912. The smallest absolute Gasteiger partial charge is 0.410 e. The molecule has 1 saturated carbocycles. The number of nitrogens with zero attached hydrogens (tertiary/aromatic N) is 4. The largest absolute Gasteiger partial charge is 0.445 e. The zero-order valence-corrected chi connectivity index (χ0v) is 17.3. The summed E-state index contributed by atoms with van der Waals surface area (Å²) < 4.78 is 20.6. The Bertz CT molecular complexity index is 764. The fourth-order valence-corrected chi connectivity index (χ4v) is 4.67. The molecule has 5 atom stereocenters. The maximum absolute atomic E-state index is 12.5. The minimum Gasteiger partial charge on any atom is -0.445 e. The number of likely N-dealkylation sites (tertiary alicyclic amines) is 1. The van der Waals surface area contributed by atoms with Gasteiger partial charge in [0.2, 0.25) is 0 Å². The molecule has 1 heterocycles. The molecule has 9 heteroatoms. The number of carbonyl (C=O) groups is 1. The number of hydrogen-bond acceptors (Lipinski definition) is 4. The Morgan fingerprint density at radius 1 is 1.36 bits per heavy atom. The molecule has 0 spiro atoms. The van der Waals surface area contributed by atoms with Crippen LogP contribution in [0.1, 0.15) is 26.3 Å². The first-order valence-corrected chi connectivity index (χ1v) is 10.6. The molecule has 3 unspecified atom stereocenters. The van der Waals surface area contributed by atoms with Crippen LogP contribution in [-0.2, 0) is 22.3 Å². The molecule has 3 rings (SSSR count). The van der Waals surface area contributed by atoms with E-state index >= 15 is 0 Å². The van der Waals surface area contributed by atoms with Gasteiger partial charge in [-0.3, -0.25) is 0 Å². The normalized spacial score (nSPS) is 25.4. The van der Waals surface area contributed by atoms with E-state index in [1.54, 1.807) is 4.90 Å². The van der Waals surface area contributed by atoms with Gasteiger partial charge in [0.25, 0.3) is 0 Å². The number of hydrogen-bond donors (Lipinski definition) is 1. The lowest BCUT2D eigenvalue weighted by Crippen LogP contribution is -2.44. The Kier molecular flexibility index (Phi) is 6.27. The van der Waals surface area contributed by atoms with Crippen LogP contribution in [0.3, 0.4) is 0 Å². The molecule has 0 aromatic heterocycles. The summed E-state index contributed by atoms with van der Waals surface area (Å²) in [6, 6.07) is 9.45. The zero-order chi connectivity index (χ0) is 20.3. The molecule has 1 N–H and O–H groups in total. The highest BCUT2D eigenvalue weighted by molar-refractivity contribution is 7.84. The van der Waals surface area contributed by atoms with Gasteiger partial charge < -0.3 is 9.64 Å². The fourth-order valence-electron chi connectivity index (χ4n) is 3.81. The summed E-state index contributed by atoms with van der Waals surface area (Å²) in [7, 11) is -1.24. The van der Waals surface area contributed by atoms with Gasteiger partial charge in [-0.15, -0.1) is 0 Å². The van der Waals surface area contributed by atoms with Crippen molar-refractivity contribution in [2.24, 2.45) is 22.9 Å². The van der Waals surface area contributed by atoms with Crippen molar-refractivity contribution in [3.05, 3.63) is 46.3 Å². The molecular weight excluding hydrogens is 378 g/mol. The summed E-state index contributed by atoms with van der Waals surface area (Å²) in [4.78, 5) is 16.9. The Hall–Kier alpha value is -2.09. The standard InChI is InChI=1S/C19H27N5O3S/c1-19(2,3)28(26)22-16(9-21-23-20)17-14-10-24(11-15(14)17)18(25)27-12-13-7-5-4-6-8-13/h4-8,14-17,22H,9-12H2,1-3H3/t14-,15+,16?,17?,28?. The molecule has 1 aromatic rings. The number of rotatable bonds is 7. The Labute approximate surface area is 167 Å². The van der Waals surface area contributed by atoms with Gasteiger partial charge in [-0.2, -0.15) is 0 Å². The Morgan fingerprint density at radius 2 is 2.00 bits per heavy atom. The monoisotopic (exact) mass is 405 g/mol. The third-order valence-corrected chi connectivity index (χ3v) is 6.97. The predicted octanol–water partition coefficient (Wildman–Crippen LogP) is 3.23. The van der Waals surface area contributed by atoms with Crippen LogP contribution >= 0.6 is 0 Å². The predicted molar refractivity (Wildman–Crippen MR) is 108 cm³/mol. The van der Waals surface area contributed by atoms with E-state index in [9.17, 15) is 9.00 Å². The highest BCUT2D eigenvalue weighted by atomic mass is 32.2. The van der Waals surface area contributed by atoms with Crippen molar-refractivity contribution in [1.29, 1.82) is 0 Å². The Balaban J connectivity index is 1.52. The summed E-state index contributed by atoms with van der Waals surface area (Å²) in [6.45, 7) is 7.48. The maximum Gasteiger partial charge on any atom is 0.410 e. The number of benzene rings is 1. The molecule has 152 valence electrons. The van der Waals surface area contributed by atoms with E-state index in [4.69, 9.17) is 10.3 Å². The van der Waals surface area contributed by atoms with Gasteiger partial charge in [-0.1, -0.05) is 35.4 Å². The van der Waals surface area contributed by atoms with Crippen LogP contribution in [0.25, 0.3) is 10.4 Å². The SMILES string of the molecule is CC(C)(C)S(=O)NC(CN=[N+]=[N-])C1[C@H]2CN(C(=O)OCc3ccccc3)C[C@@H]12. The number of nitrogens with one attached hydrogen (secondary N) is 1. The van der Waals surface area contributed by atoms with Crippen LogP contribution in [0.15, 0.2) is 35.4 Å². The lowest BCUT2D eigenvalue weighted by atomic mass is 10.1. The lowest BCUT2D eigenvalue weighted by molar-refractivity contribution is 0.0980. The van der Waals surface area contributed by atoms with Gasteiger partial charge in [0.15, 0.2) is 0 Å². The summed E-state index contributed by atoms with van der Waals surface area (Å²) in [6.07, 6.45) is -0.298. The summed E-state index contributed by atoms with van der Waals surface area (Å²) >= 11 is 0. The number of azide groups is 1. The maximum atomic E-state index is 12.5. The second kappa shape index (κ2) is 8.51. The molecule has 0 bridgehead atoms. The average molecular weight is 406 g/mol. The van der Waals surface area contributed by atoms with Gasteiger partial charge in [0.05, 0.1) is 15.7 Å². The minimum absolute atomic E-state index is 0.145. The van der Waals surface area contributed by atoms with Gasteiger partial charge in [0, 0.05) is 30.6 Å². The van der Waals surface area contributed by atoms with Crippen LogP contribution in [-0.4, -0.2) is 45.6 Å². The molecule has 2 fully saturated rings. The Morgan fingerprint density at radius 3 is 2.57 bits per heavy atom. The van der Waals surface area contributed by atoms with Crippen molar-refractivity contribution >= 4 is 17.1 Å². The second-order valence-corrected chi connectivity index (χ2v) is 10.4. The molecule has 1 aliphatic carbocycles. The van der Waals surface area contributed by atoms with Crippen LogP contribution < -0.4 is 4.72 Å². The van der Waals surface area contributed by atoms with E-state index in [0.717, 1.165) is 5.56 Å². The molecule has 28 heavy (non-hydrogen) atoms. The highest BCUT2D eigenvalue weighted by Gasteiger charge is 2.59. The van der Waals surface area contributed by atoms with Gasteiger partial charge in [0.1, 0.15) is 6.61 Å². The third kappa shape index (κ3) is 4.84. The highest BCUT2D eigenvalue weighted by Crippen LogP contribution is 2.53. The van der Waals surface area contributed by atoms with Crippen LogP contribution in [0.4, 0.5) is 4.79 Å². The molecule has 0 radical (unpaired) electrons. The van der Waals surface area contributed by atoms with E-state index in [1.807, 2.05) is 51.1 Å². The fraction of sp³-hybridized carbons (Fsp3) is 0.632. The molecular formula is C19H27N5O3S. The first-order valence-electron chi connectivity index (χ1n) is 9.46. The van der Waals surface area contributed by atoms with Crippen molar-refractivity contribution in [3.8, 4) is 0 Å². The number of fused-ring (bicyclic) bond motifs is 1. The van der Waals surface area contributed by atoms with E-state index < -0.39 is 15.7 Å². The van der Waals surface area contributed by atoms with E-state index in [1.165, 1.54) is 0 Å². The zero-order valence-electron chi connectivity index (χ0n) is 16.4. The molecule has 1 aliphatic heterocycles. The van der Waals surface area contributed by atoms with Crippen molar-refractivity contribution < 1.29 is 13.7 Å². The van der Waals surface area contributed by atoms with Gasteiger partial charge in [-0.25, -0.2) is 13.7 Å². The molecule has 1 saturated heterocycles. The minimum atomic E-state index is -1.24.